The van der Waals surface area contributed by atoms with E-state index >= 15 is 0 Å². The van der Waals surface area contributed by atoms with Gasteiger partial charge in [0, 0.05) is 62.1 Å². The molecule has 0 radical (unpaired) electrons. The first-order valence-electron chi connectivity index (χ1n) is 12.8. The zero-order valence-corrected chi connectivity index (χ0v) is 23.3. The van der Waals surface area contributed by atoms with Crippen LogP contribution in [0.2, 0.25) is 0 Å². The largest absolute Gasteiger partial charge is 0.494 e. The van der Waals surface area contributed by atoms with Crippen molar-refractivity contribution in [3.8, 4) is 17.0 Å². The van der Waals surface area contributed by atoms with E-state index in [1.165, 1.54) is 7.11 Å². The number of rotatable bonds is 12. The summed E-state index contributed by atoms with van der Waals surface area (Å²) in [6, 6.07) is 13.1. The number of carbonyl (C=O) groups is 1. The van der Waals surface area contributed by atoms with Gasteiger partial charge in [0.05, 0.1) is 42.5 Å². The summed E-state index contributed by atoms with van der Waals surface area (Å²) in [4.78, 5) is 37.8. The minimum Gasteiger partial charge on any atom is -0.494 e. The molecular weight excluding hydrogens is 512 g/mol. The molecule has 2 aromatic carbocycles. The molecule has 1 amide bonds. The van der Waals surface area contributed by atoms with Crippen LogP contribution in [-0.4, -0.2) is 78.4 Å². The number of nitrogens with zero attached hydrogens (tertiary/aromatic N) is 7. The molecule has 4 rings (SSSR count). The first-order chi connectivity index (χ1) is 19.3. The summed E-state index contributed by atoms with van der Waals surface area (Å²) in [5.74, 6) is 0.00592. The highest BCUT2D eigenvalue weighted by Gasteiger charge is 2.24. The van der Waals surface area contributed by atoms with Crippen LogP contribution < -0.4 is 20.0 Å². The number of ether oxygens (including phenoxy) is 1. The Kier molecular flexibility index (Phi) is 8.92. The first kappa shape index (κ1) is 28.5. The topological polar surface area (TPSA) is 128 Å². The molecule has 4 aromatic rings. The molecule has 0 aliphatic heterocycles. The van der Waals surface area contributed by atoms with Crippen molar-refractivity contribution in [2.75, 3.05) is 63.2 Å². The van der Waals surface area contributed by atoms with Crippen molar-refractivity contribution < 1.29 is 14.6 Å². The lowest BCUT2D eigenvalue weighted by atomic mass is 10.1. The number of aromatic nitrogens is 3. The summed E-state index contributed by atoms with van der Waals surface area (Å²) in [5.41, 5.74) is 3.89. The highest BCUT2D eigenvalue weighted by atomic mass is 16.5. The van der Waals surface area contributed by atoms with E-state index < -0.39 is 0 Å². The van der Waals surface area contributed by atoms with Crippen LogP contribution in [0, 0.1) is 4.91 Å². The second kappa shape index (κ2) is 12.5. The second-order valence-corrected chi connectivity index (χ2v) is 9.59. The van der Waals surface area contributed by atoms with Crippen molar-refractivity contribution in [1.29, 1.82) is 0 Å². The first-order valence-corrected chi connectivity index (χ1v) is 12.8. The maximum Gasteiger partial charge on any atom is 0.254 e. The zero-order chi connectivity index (χ0) is 28.8. The van der Waals surface area contributed by atoms with Gasteiger partial charge < -0.3 is 29.5 Å². The van der Waals surface area contributed by atoms with E-state index in [-0.39, 0.29) is 30.6 Å². The lowest BCUT2D eigenvalue weighted by Crippen LogP contribution is -2.29. The van der Waals surface area contributed by atoms with Gasteiger partial charge in [-0.25, -0.2) is 9.97 Å². The summed E-state index contributed by atoms with van der Waals surface area (Å²) in [7, 11) is 9.29. The number of amides is 1. The molecule has 0 aliphatic carbocycles. The maximum absolute atomic E-state index is 12.5. The SMILES string of the molecule is COc1cc(N(C)CCN(C)C)c(NC(=O)CCO)cc1N(N=O)c1nccc(-c2cn(C)c3ccccc23)n1. The number of nitroso groups, excluding NO2 is 1. The van der Waals surface area contributed by atoms with Crippen molar-refractivity contribution in [2.45, 2.75) is 6.42 Å². The van der Waals surface area contributed by atoms with Crippen LogP contribution >= 0.6 is 0 Å². The van der Waals surface area contributed by atoms with Crippen LogP contribution in [0.4, 0.5) is 23.0 Å². The van der Waals surface area contributed by atoms with Gasteiger partial charge in [-0.3, -0.25) is 4.79 Å². The Morgan fingerprint density at radius 1 is 1.12 bits per heavy atom. The predicted molar refractivity (Wildman–Crippen MR) is 157 cm³/mol. The maximum atomic E-state index is 12.5. The fourth-order valence-electron chi connectivity index (χ4n) is 4.42. The summed E-state index contributed by atoms with van der Waals surface area (Å²) in [6.07, 6.45) is 3.47. The van der Waals surface area contributed by atoms with Gasteiger partial charge in [0.1, 0.15) is 11.4 Å². The standard InChI is InChI=1S/C28H34N8O4/c1-33(2)13-14-34(3)24-17-26(40-5)25(16-22(24)30-27(38)11-15-37)36(32-39)28-29-12-10-21(31-28)20-18-35(4)23-9-7-6-8-19(20)23/h6-10,12,16-18,37H,11,13-15H2,1-5H3,(H,30,38). The van der Waals surface area contributed by atoms with Gasteiger partial charge in [-0.15, -0.1) is 4.91 Å². The summed E-state index contributed by atoms with van der Waals surface area (Å²) >= 11 is 0. The summed E-state index contributed by atoms with van der Waals surface area (Å²) in [5, 5.41) is 17.4. The van der Waals surface area contributed by atoms with Gasteiger partial charge in [0.15, 0.2) is 0 Å². The fourth-order valence-corrected chi connectivity index (χ4v) is 4.42. The number of para-hydroxylation sites is 1. The number of methoxy groups -OCH3 is 1. The molecule has 0 saturated heterocycles. The van der Waals surface area contributed by atoms with Crippen molar-refractivity contribution in [3.63, 3.8) is 0 Å². The number of aliphatic hydroxyl groups excluding tert-OH is 1. The average Bonchev–Trinajstić information content (AvgIpc) is 3.29. The Morgan fingerprint density at radius 3 is 2.60 bits per heavy atom. The fraction of sp³-hybridized carbons (Fsp3) is 0.321. The quantitative estimate of drug-likeness (QED) is 0.201. The van der Waals surface area contributed by atoms with Gasteiger partial charge in [0.2, 0.25) is 5.91 Å². The van der Waals surface area contributed by atoms with Gasteiger partial charge >= 0.3 is 0 Å². The Labute approximate surface area is 232 Å². The highest BCUT2D eigenvalue weighted by Crippen LogP contribution is 2.41. The molecule has 2 aromatic heterocycles. The van der Waals surface area contributed by atoms with Gasteiger partial charge in [-0.05, 0) is 32.3 Å². The van der Waals surface area contributed by atoms with Gasteiger partial charge in [0.25, 0.3) is 5.95 Å². The van der Waals surface area contributed by atoms with Crippen LogP contribution in [0.5, 0.6) is 5.75 Å². The van der Waals surface area contributed by atoms with Gasteiger partial charge in [-0.1, -0.05) is 18.2 Å². The molecular formula is C28H34N8O4. The number of anilines is 4. The van der Waals surface area contributed by atoms with Crippen LogP contribution in [-0.2, 0) is 11.8 Å². The normalized spacial score (nSPS) is 11.1. The third-order valence-corrected chi connectivity index (χ3v) is 6.52. The van der Waals surface area contributed by atoms with E-state index in [2.05, 4.69) is 20.6 Å². The number of hydrogen-bond donors (Lipinski definition) is 2. The number of nitrogens with one attached hydrogen (secondary N) is 1. The number of hydrogen-bond acceptors (Lipinski definition) is 9. The Bertz CT molecular complexity index is 1500. The van der Waals surface area contributed by atoms with Crippen LogP contribution in [0.15, 0.2) is 60.1 Å². The number of likely N-dealkylation sites (N-methyl/N-ethyl adjacent to an activating group) is 2. The molecule has 0 aliphatic rings. The molecule has 40 heavy (non-hydrogen) atoms. The molecule has 0 saturated carbocycles. The number of aryl methyl sites for hydroxylation is 1. The molecule has 0 atom stereocenters. The van der Waals surface area contributed by atoms with Crippen LogP contribution in [0.25, 0.3) is 22.2 Å². The number of benzene rings is 2. The molecule has 2 N–H and O–H groups in total. The Hall–Kier alpha value is -4.55. The van der Waals surface area contributed by atoms with Crippen LogP contribution in [0.3, 0.4) is 0 Å². The molecule has 2 heterocycles. The smallest absolute Gasteiger partial charge is 0.254 e. The Morgan fingerprint density at radius 2 is 1.90 bits per heavy atom. The van der Waals surface area contributed by atoms with Crippen molar-refractivity contribution >= 4 is 39.8 Å². The van der Waals surface area contributed by atoms with E-state index in [0.29, 0.717) is 29.4 Å². The molecule has 0 spiro atoms. The third kappa shape index (κ3) is 6.03. The minimum absolute atomic E-state index is 0.0417. The molecule has 210 valence electrons. The average molecular weight is 547 g/mol. The molecule has 0 unspecified atom stereocenters. The van der Waals surface area contributed by atoms with E-state index in [1.54, 1.807) is 24.4 Å². The van der Waals surface area contributed by atoms with E-state index in [9.17, 15) is 14.8 Å². The lowest BCUT2D eigenvalue weighted by Gasteiger charge is -2.27. The molecule has 12 heteroatoms. The minimum atomic E-state index is -0.374. The zero-order valence-electron chi connectivity index (χ0n) is 23.3. The number of fused-ring (bicyclic) bond motifs is 1. The number of carbonyl (C=O) groups excluding carboxylic acids is 1. The molecule has 0 fully saturated rings. The Balaban J connectivity index is 1.80. The number of aliphatic hydroxyl groups is 1. The van der Waals surface area contributed by atoms with Crippen molar-refractivity contribution in [3.05, 3.63) is 59.8 Å². The van der Waals surface area contributed by atoms with Crippen molar-refractivity contribution in [2.24, 2.45) is 12.3 Å². The van der Waals surface area contributed by atoms with Gasteiger partial charge in [-0.2, -0.15) is 5.01 Å². The van der Waals surface area contributed by atoms with E-state index in [4.69, 9.17) is 4.74 Å². The predicted octanol–water partition coefficient (Wildman–Crippen LogP) is 3.78. The molecule has 0 bridgehead atoms. The monoisotopic (exact) mass is 546 g/mol. The third-order valence-electron chi connectivity index (χ3n) is 6.52. The lowest BCUT2D eigenvalue weighted by molar-refractivity contribution is -0.116. The summed E-state index contributed by atoms with van der Waals surface area (Å²) in [6.45, 7) is 1.13. The second-order valence-electron chi connectivity index (χ2n) is 9.59. The van der Waals surface area contributed by atoms with Crippen molar-refractivity contribution in [1.82, 2.24) is 19.4 Å². The summed E-state index contributed by atoms with van der Waals surface area (Å²) < 4.78 is 7.67. The van der Waals surface area contributed by atoms with E-state index in [1.807, 2.05) is 73.0 Å². The highest BCUT2D eigenvalue weighted by molar-refractivity contribution is 5.97. The van der Waals surface area contributed by atoms with Crippen LogP contribution in [0.1, 0.15) is 6.42 Å². The van der Waals surface area contributed by atoms with E-state index in [0.717, 1.165) is 28.0 Å². The molecule has 12 nitrogen and oxygen atoms in total.